The summed E-state index contributed by atoms with van der Waals surface area (Å²) in [6.07, 6.45) is 1.70. The topological polar surface area (TPSA) is 49.4 Å². The van der Waals surface area contributed by atoms with E-state index in [4.69, 9.17) is 0 Å². The van der Waals surface area contributed by atoms with Crippen LogP contribution in [0.5, 0.6) is 0 Å². The van der Waals surface area contributed by atoms with Gasteiger partial charge in [-0.15, -0.1) is 0 Å². The Balaban J connectivity index is 2.08. The second-order valence-corrected chi connectivity index (χ2v) is 7.99. The van der Waals surface area contributed by atoms with Crippen molar-refractivity contribution in [2.24, 2.45) is 5.92 Å². The summed E-state index contributed by atoms with van der Waals surface area (Å²) in [6, 6.07) is 3.68. The predicted molar refractivity (Wildman–Crippen MR) is 84.1 cm³/mol. The maximum absolute atomic E-state index is 13.1. The van der Waals surface area contributed by atoms with Crippen molar-refractivity contribution in [2.75, 3.05) is 26.2 Å². The molecule has 1 saturated heterocycles. The number of sulfonamides is 1. The van der Waals surface area contributed by atoms with Gasteiger partial charge in [0.2, 0.25) is 10.0 Å². The van der Waals surface area contributed by atoms with E-state index >= 15 is 0 Å². The first kappa shape index (κ1) is 16.9. The number of nitrogens with zero attached hydrogens (tertiary/aromatic N) is 1. The largest absolute Gasteiger partial charge is 0.317 e. The lowest BCUT2D eigenvalue weighted by Crippen LogP contribution is -2.40. The Labute approximate surface area is 133 Å². The molecule has 2 rings (SSSR count). The SMILES string of the molecule is CCNCC1CCN(S(=O)(=O)c2ccc(F)cc2Br)CC1. The highest BCUT2D eigenvalue weighted by Crippen LogP contribution is 2.28. The van der Waals surface area contributed by atoms with Crippen LogP contribution in [0.4, 0.5) is 4.39 Å². The van der Waals surface area contributed by atoms with Crippen LogP contribution in [0.25, 0.3) is 0 Å². The van der Waals surface area contributed by atoms with Gasteiger partial charge in [-0.05, 0) is 66.0 Å². The number of hydrogen-bond acceptors (Lipinski definition) is 3. The fourth-order valence-electron chi connectivity index (χ4n) is 2.53. The van der Waals surface area contributed by atoms with E-state index in [2.05, 4.69) is 28.2 Å². The molecule has 1 aliphatic heterocycles. The van der Waals surface area contributed by atoms with Crippen LogP contribution in [0.1, 0.15) is 19.8 Å². The first-order chi connectivity index (χ1) is 9.95. The summed E-state index contributed by atoms with van der Waals surface area (Å²) in [5.41, 5.74) is 0. The van der Waals surface area contributed by atoms with Crippen LogP contribution >= 0.6 is 15.9 Å². The third-order valence-corrected chi connectivity index (χ3v) is 6.64. The average Bonchev–Trinajstić information content (AvgIpc) is 2.45. The van der Waals surface area contributed by atoms with Crippen LogP contribution in [0.2, 0.25) is 0 Å². The van der Waals surface area contributed by atoms with E-state index in [9.17, 15) is 12.8 Å². The number of rotatable bonds is 5. The minimum Gasteiger partial charge on any atom is -0.317 e. The van der Waals surface area contributed by atoms with E-state index in [1.807, 2.05) is 0 Å². The van der Waals surface area contributed by atoms with Crippen molar-refractivity contribution in [3.05, 3.63) is 28.5 Å². The number of nitrogens with one attached hydrogen (secondary N) is 1. The van der Waals surface area contributed by atoms with Gasteiger partial charge in [0.1, 0.15) is 5.82 Å². The number of hydrogen-bond donors (Lipinski definition) is 1. The van der Waals surface area contributed by atoms with Gasteiger partial charge in [-0.1, -0.05) is 6.92 Å². The Hall–Kier alpha value is -0.500. The minimum absolute atomic E-state index is 0.133. The Morgan fingerprint density at radius 3 is 2.62 bits per heavy atom. The standard InChI is InChI=1S/C14H20BrFN2O2S/c1-2-17-10-11-5-7-18(8-6-11)21(19,20)14-4-3-12(16)9-13(14)15/h3-4,9,11,17H,2,5-8,10H2,1H3. The van der Waals surface area contributed by atoms with Crippen molar-refractivity contribution in [3.8, 4) is 0 Å². The zero-order chi connectivity index (χ0) is 15.5. The molecule has 0 radical (unpaired) electrons. The van der Waals surface area contributed by atoms with Gasteiger partial charge in [0.05, 0.1) is 4.90 Å². The molecule has 7 heteroatoms. The van der Waals surface area contributed by atoms with Crippen LogP contribution in [0.15, 0.2) is 27.6 Å². The van der Waals surface area contributed by atoms with Crippen molar-refractivity contribution in [1.29, 1.82) is 0 Å². The fourth-order valence-corrected chi connectivity index (χ4v) is 5.01. The quantitative estimate of drug-likeness (QED) is 0.856. The molecule has 118 valence electrons. The zero-order valence-electron chi connectivity index (χ0n) is 12.0. The van der Waals surface area contributed by atoms with Gasteiger partial charge in [-0.3, -0.25) is 0 Å². The Morgan fingerprint density at radius 2 is 2.05 bits per heavy atom. The number of halogens is 2. The molecule has 1 aromatic carbocycles. The molecule has 4 nitrogen and oxygen atoms in total. The first-order valence-electron chi connectivity index (χ1n) is 7.11. The van der Waals surface area contributed by atoms with Crippen LogP contribution in [-0.2, 0) is 10.0 Å². The van der Waals surface area contributed by atoms with Crippen LogP contribution in [0, 0.1) is 11.7 Å². The van der Waals surface area contributed by atoms with Crippen molar-refractivity contribution in [2.45, 2.75) is 24.7 Å². The van der Waals surface area contributed by atoms with Gasteiger partial charge in [-0.25, -0.2) is 12.8 Å². The third kappa shape index (κ3) is 4.03. The molecule has 0 aliphatic carbocycles. The van der Waals surface area contributed by atoms with E-state index in [0.717, 1.165) is 25.9 Å². The smallest absolute Gasteiger partial charge is 0.244 e. The lowest BCUT2D eigenvalue weighted by Gasteiger charge is -2.31. The van der Waals surface area contributed by atoms with Crippen molar-refractivity contribution < 1.29 is 12.8 Å². The zero-order valence-corrected chi connectivity index (χ0v) is 14.4. The molecule has 1 heterocycles. The molecule has 1 aliphatic rings. The van der Waals surface area contributed by atoms with Crippen molar-refractivity contribution in [3.63, 3.8) is 0 Å². The highest BCUT2D eigenvalue weighted by molar-refractivity contribution is 9.10. The van der Waals surface area contributed by atoms with Gasteiger partial charge in [0.15, 0.2) is 0 Å². The molecule has 0 unspecified atom stereocenters. The van der Waals surface area contributed by atoms with Gasteiger partial charge in [0.25, 0.3) is 0 Å². The van der Waals surface area contributed by atoms with Crippen LogP contribution in [-0.4, -0.2) is 38.9 Å². The summed E-state index contributed by atoms with van der Waals surface area (Å²) in [5.74, 6) is 0.0678. The second kappa shape index (κ2) is 7.17. The average molecular weight is 379 g/mol. The maximum atomic E-state index is 13.1. The van der Waals surface area contributed by atoms with Gasteiger partial charge in [0, 0.05) is 17.6 Å². The van der Waals surface area contributed by atoms with E-state index in [1.165, 1.54) is 22.5 Å². The highest BCUT2D eigenvalue weighted by atomic mass is 79.9. The number of piperidine rings is 1. The van der Waals surface area contributed by atoms with Crippen molar-refractivity contribution in [1.82, 2.24) is 9.62 Å². The molecular weight excluding hydrogens is 359 g/mol. The molecule has 1 N–H and O–H groups in total. The Morgan fingerprint density at radius 1 is 1.38 bits per heavy atom. The molecule has 0 bridgehead atoms. The Bertz CT molecular complexity index is 587. The lowest BCUT2D eigenvalue weighted by molar-refractivity contribution is 0.268. The normalized spacial score (nSPS) is 18.0. The molecule has 0 atom stereocenters. The fraction of sp³-hybridized carbons (Fsp3) is 0.571. The summed E-state index contributed by atoms with van der Waals surface area (Å²) < 4.78 is 40.1. The van der Waals surface area contributed by atoms with Crippen molar-refractivity contribution >= 4 is 26.0 Å². The molecule has 21 heavy (non-hydrogen) atoms. The molecule has 0 saturated carbocycles. The molecule has 0 spiro atoms. The van der Waals surface area contributed by atoms with Gasteiger partial charge in [-0.2, -0.15) is 4.31 Å². The monoisotopic (exact) mass is 378 g/mol. The summed E-state index contributed by atoms with van der Waals surface area (Å²) in [4.78, 5) is 0.133. The molecular formula is C14H20BrFN2O2S. The van der Waals surface area contributed by atoms with E-state index in [-0.39, 0.29) is 9.37 Å². The van der Waals surface area contributed by atoms with E-state index in [0.29, 0.717) is 19.0 Å². The van der Waals surface area contributed by atoms with E-state index in [1.54, 1.807) is 0 Å². The Kier molecular flexibility index (Phi) is 5.76. The minimum atomic E-state index is -3.55. The second-order valence-electron chi connectivity index (χ2n) is 5.23. The van der Waals surface area contributed by atoms with Crippen LogP contribution < -0.4 is 5.32 Å². The highest BCUT2D eigenvalue weighted by Gasteiger charge is 2.30. The molecule has 0 aromatic heterocycles. The molecule has 0 amide bonds. The summed E-state index contributed by atoms with van der Waals surface area (Å²) >= 11 is 3.14. The maximum Gasteiger partial charge on any atom is 0.244 e. The first-order valence-corrected chi connectivity index (χ1v) is 9.34. The summed E-state index contributed by atoms with van der Waals surface area (Å²) in [5, 5.41) is 3.30. The van der Waals surface area contributed by atoms with E-state index < -0.39 is 15.8 Å². The van der Waals surface area contributed by atoms with Gasteiger partial charge < -0.3 is 5.32 Å². The molecule has 1 fully saturated rings. The van der Waals surface area contributed by atoms with Gasteiger partial charge >= 0.3 is 0 Å². The summed E-state index contributed by atoms with van der Waals surface area (Å²) in [6.45, 7) is 4.96. The number of benzene rings is 1. The lowest BCUT2D eigenvalue weighted by atomic mass is 9.98. The van der Waals surface area contributed by atoms with Crippen LogP contribution in [0.3, 0.4) is 0 Å². The third-order valence-electron chi connectivity index (χ3n) is 3.77. The summed E-state index contributed by atoms with van der Waals surface area (Å²) in [7, 11) is -3.55. The predicted octanol–water partition coefficient (Wildman–Crippen LogP) is 2.60. The molecule has 1 aromatic rings.